The van der Waals surface area contributed by atoms with Gasteiger partial charge in [0.05, 0.1) is 12.5 Å². The van der Waals surface area contributed by atoms with Gasteiger partial charge in [0.15, 0.2) is 0 Å². The maximum Gasteiger partial charge on any atom is 0.326 e. The van der Waals surface area contributed by atoms with Gasteiger partial charge < -0.3 is 37.8 Å². The number of hydrogen-bond acceptors (Lipinski definition) is 7. The Bertz CT molecular complexity index is 927. The van der Waals surface area contributed by atoms with Crippen LogP contribution in [0.3, 0.4) is 0 Å². The van der Waals surface area contributed by atoms with Crippen LogP contribution in [0.1, 0.15) is 44.1 Å². The van der Waals surface area contributed by atoms with Gasteiger partial charge in [0.25, 0.3) is 0 Å². The molecule has 1 saturated heterocycles. The van der Waals surface area contributed by atoms with Crippen LogP contribution in [0.5, 0.6) is 0 Å². The predicted octanol–water partition coefficient (Wildman–Crippen LogP) is -1.39. The van der Waals surface area contributed by atoms with Crippen molar-refractivity contribution in [2.24, 2.45) is 17.2 Å². The number of nitrogens with one attached hydrogen (secondary N) is 2. The summed E-state index contributed by atoms with van der Waals surface area (Å²) < 4.78 is 0. The third-order valence-electron chi connectivity index (χ3n) is 6.05. The van der Waals surface area contributed by atoms with Crippen LogP contribution < -0.4 is 27.8 Å². The lowest BCUT2D eigenvalue weighted by molar-refractivity contribution is -0.143. The number of rotatable bonds is 14. The molecule has 0 saturated carbocycles. The lowest BCUT2D eigenvalue weighted by atomic mass is 10.0. The first-order valence-corrected chi connectivity index (χ1v) is 12.1. The van der Waals surface area contributed by atoms with Crippen LogP contribution in [0.15, 0.2) is 30.3 Å². The van der Waals surface area contributed by atoms with E-state index in [1.54, 1.807) is 24.3 Å². The molecule has 198 valence electrons. The van der Waals surface area contributed by atoms with Gasteiger partial charge in [-0.1, -0.05) is 30.3 Å². The fourth-order valence-electron chi connectivity index (χ4n) is 4.17. The minimum Gasteiger partial charge on any atom is -0.480 e. The number of nitrogens with zero attached hydrogens (tertiary/aromatic N) is 1. The number of aliphatic carboxylic acids is 1. The van der Waals surface area contributed by atoms with Crippen LogP contribution >= 0.6 is 0 Å². The molecular formula is C24H36N6O6. The second-order valence-electron chi connectivity index (χ2n) is 8.90. The molecule has 4 amide bonds. The van der Waals surface area contributed by atoms with E-state index in [0.717, 1.165) is 5.56 Å². The van der Waals surface area contributed by atoms with E-state index in [9.17, 15) is 29.1 Å². The predicted molar refractivity (Wildman–Crippen MR) is 131 cm³/mol. The topological polar surface area (TPSA) is 211 Å². The highest BCUT2D eigenvalue weighted by molar-refractivity contribution is 5.95. The quantitative estimate of drug-likeness (QED) is 0.166. The fourth-order valence-corrected chi connectivity index (χ4v) is 4.17. The highest BCUT2D eigenvalue weighted by atomic mass is 16.4. The molecule has 12 heteroatoms. The molecule has 1 heterocycles. The lowest BCUT2D eigenvalue weighted by Gasteiger charge is -2.28. The van der Waals surface area contributed by atoms with Gasteiger partial charge in [-0.25, -0.2) is 4.79 Å². The van der Waals surface area contributed by atoms with Crippen molar-refractivity contribution in [2.45, 2.75) is 69.1 Å². The van der Waals surface area contributed by atoms with Crippen LogP contribution in [0, 0.1) is 0 Å². The highest BCUT2D eigenvalue weighted by Gasteiger charge is 2.38. The van der Waals surface area contributed by atoms with Gasteiger partial charge in [-0.2, -0.15) is 0 Å². The minimum absolute atomic E-state index is 0.120. The number of unbranched alkanes of at least 4 members (excludes halogenated alkanes) is 1. The van der Waals surface area contributed by atoms with E-state index in [4.69, 9.17) is 17.2 Å². The van der Waals surface area contributed by atoms with Crippen molar-refractivity contribution in [3.63, 3.8) is 0 Å². The SMILES string of the molecule is NCCCCC(NC(=O)C(Cc1ccccc1)NC(=O)C1CCCN1C(=O)C(N)CC(N)=O)C(=O)O. The summed E-state index contributed by atoms with van der Waals surface area (Å²) in [4.78, 5) is 63.2. The first kappa shape index (κ1) is 28.7. The lowest BCUT2D eigenvalue weighted by Crippen LogP contribution is -2.57. The zero-order chi connectivity index (χ0) is 26.7. The number of likely N-dealkylation sites (tertiary alicyclic amines) is 1. The maximum atomic E-state index is 13.2. The van der Waals surface area contributed by atoms with Crippen molar-refractivity contribution < 1.29 is 29.1 Å². The van der Waals surface area contributed by atoms with E-state index in [1.165, 1.54) is 4.90 Å². The first-order valence-electron chi connectivity index (χ1n) is 12.1. The Morgan fingerprint density at radius 1 is 1.06 bits per heavy atom. The van der Waals surface area contributed by atoms with E-state index < -0.39 is 53.8 Å². The summed E-state index contributed by atoms with van der Waals surface area (Å²) in [6.07, 6.45) is 2.02. The average molecular weight is 505 g/mol. The average Bonchev–Trinajstić information content (AvgIpc) is 3.32. The summed E-state index contributed by atoms with van der Waals surface area (Å²) in [5.41, 5.74) is 17.2. The van der Waals surface area contributed by atoms with E-state index in [-0.39, 0.29) is 25.8 Å². The molecule has 4 unspecified atom stereocenters. The Morgan fingerprint density at radius 3 is 2.36 bits per heavy atom. The standard InChI is InChI=1S/C24H36N6O6/c25-11-5-4-9-17(24(35)36)28-21(32)18(13-15-7-2-1-3-8-15)29-22(33)19-10-6-12-30(19)23(34)16(26)14-20(27)31/h1-3,7-8,16-19H,4-6,9-14,25-26H2,(H2,27,31)(H,28,32)(H,29,33)(H,35,36). The summed E-state index contributed by atoms with van der Waals surface area (Å²) in [7, 11) is 0. The Labute approximate surface area is 209 Å². The summed E-state index contributed by atoms with van der Waals surface area (Å²) in [5, 5.41) is 14.7. The van der Waals surface area contributed by atoms with Gasteiger partial charge >= 0.3 is 5.97 Å². The summed E-state index contributed by atoms with van der Waals surface area (Å²) in [6, 6.07) is 4.72. The summed E-state index contributed by atoms with van der Waals surface area (Å²) in [6.45, 7) is 0.688. The number of nitrogens with two attached hydrogens (primary N) is 3. The molecule has 1 aromatic carbocycles. The molecule has 4 atom stereocenters. The van der Waals surface area contributed by atoms with Gasteiger partial charge in [0, 0.05) is 13.0 Å². The van der Waals surface area contributed by atoms with Gasteiger partial charge in [-0.3, -0.25) is 19.2 Å². The number of benzene rings is 1. The molecule has 1 aromatic rings. The molecule has 36 heavy (non-hydrogen) atoms. The highest BCUT2D eigenvalue weighted by Crippen LogP contribution is 2.19. The summed E-state index contributed by atoms with van der Waals surface area (Å²) >= 11 is 0. The zero-order valence-corrected chi connectivity index (χ0v) is 20.2. The number of primary amides is 1. The normalized spacial score (nSPS) is 17.6. The molecule has 1 aliphatic rings. The van der Waals surface area contributed by atoms with E-state index in [1.807, 2.05) is 6.07 Å². The third kappa shape index (κ3) is 8.61. The number of carboxylic acids is 1. The molecule has 2 rings (SSSR count). The first-order chi connectivity index (χ1) is 17.1. The van der Waals surface area contributed by atoms with E-state index in [0.29, 0.717) is 32.2 Å². The molecule has 0 aromatic heterocycles. The number of hydrogen-bond donors (Lipinski definition) is 6. The Balaban J connectivity index is 2.16. The van der Waals surface area contributed by atoms with Crippen LogP contribution in [0.2, 0.25) is 0 Å². The Kier molecular flexibility index (Phi) is 11.3. The van der Waals surface area contributed by atoms with Crippen LogP contribution in [0.25, 0.3) is 0 Å². The molecule has 0 bridgehead atoms. The molecular weight excluding hydrogens is 468 g/mol. The largest absolute Gasteiger partial charge is 0.480 e. The molecule has 12 nitrogen and oxygen atoms in total. The molecule has 0 radical (unpaired) electrons. The zero-order valence-electron chi connectivity index (χ0n) is 20.2. The molecule has 0 aliphatic carbocycles. The van der Waals surface area contributed by atoms with E-state index in [2.05, 4.69) is 10.6 Å². The maximum absolute atomic E-state index is 13.2. The Hall–Kier alpha value is -3.51. The molecule has 9 N–H and O–H groups in total. The van der Waals surface area contributed by atoms with Crippen molar-refractivity contribution >= 4 is 29.6 Å². The number of amides is 4. The van der Waals surface area contributed by atoms with Crippen molar-refractivity contribution in [2.75, 3.05) is 13.1 Å². The smallest absolute Gasteiger partial charge is 0.326 e. The fraction of sp³-hybridized carbons (Fsp3) is 0.542. The van der Waals surface area contributed by atoms with Crippen molar-refractivity contribution in [3.8, 4) is 0 Å². The van der Waals surface area contributed by atoms with Gasteiger partial charge in [-0.15, -0.1) is 0 Å². The minimum atomic E-state index is -1.18. The monoisotopic (exact) mass is 504 g/mol. The van der Waals surface area contributed by atoms with Gasteiger partial charge in [-0.05, 0) is 44.2 Å². The van der Waals surface area contributed by atoms with Crippen LogP contribution in [-0.4, -0.2) is 76.9 Å². The van der Waals surface area contributed by atoms with Crippen molar-refractivity contribution in [1.82, 2.24) is 15.5 Å². The molecule has 0 spiro atoms. The summed E-state index contributed by atoms with van der Waals surface area (Å²) in [5.74, 6) is -3.68. The second kappa shape index (κ2) is 14.1. The van der Waals surface area contributed by atoms with Crippen molar-refractivity contribution in [3.05, 3.63) is 35.9 Å². The van der Waals surface area contributed by atoms with E-state index >= 15 is 0 Å². The second-order valence-corrected chi connectivity index (χ2v) is 8.90. The molecule has 1 aliphatic heterocycles. The molecule has 1 fully saturated rings. The van der Waals surface area contributed by atoms with Gasteiger partial charge in [0.2, 0.25) is 23.6 Å². The number of carbonyl (C=O) groups excluding carboxylic acids is 4. The van der Waals surface area contributed by atoms with Crippen LogP contribution in [-0.2, 0) is 30.4 Å². The third-order valence-corrected chi connectivity index (χ3v) is 6.05. The van der Waals surface area contributed by atoms with Crippen molar-refractivity contribution in [1.29, 1.82) is 0 Å². The van der Waals surface area contributed by atoms with Gasteiger partial charge in [0.1, 0.15) is 18.1 Å². The Morgan fingerprint density at radius 2 is 1.75 bits per heavy atom. The number of carboxylic acid groups (broad SMARTS) is 1. The van der Waals surface area contributed by atoms with Crippen LogP contribution in [0.4, 0.5) is 0 Å². The number of carbonyl (C=O) groups is 5.